The van der Waals surface area contributed by atoms with Crippen LogP contribution in [0.1, 0.15) is 46.3 Å². The Bertz CT molecular complexity index is 646. The highest BCUT2D eigenvalue weighted by molar-refractivity contribution is 6.31. The lowest BCUT2D eigenvalue weighted by Gasteiger charge is -2.23. The highest BCUT2D eigenvalue weighted by Gasteiger charge is 2.17. The van der Waals surface area contributed by atoms with Crippen LogP contribution in [0.2, 0.25) is 5.02 Å². The smallest absolute Gasteiger partial charge is 0.0579 e. The maximum atomic E-state index is 6.31. The van der Waals surface area contributed by atoms with Crippen molar-refractivity contribution >= 4 is 11.6 Å². The molecule has 0 aliphatic rings. The number of hydrogen-bond donors (Lipinski definition) is 1. The SMILES string of the molecule is CCNC(c1ccc(C)c(Cl)c1)c1cc(C)c(C)cc1C. The van der Waals surface area contributed by atoms with Crippen molar-refractivity contribution in [3.63, 3.8) is 0 Å². The van der Waals surface area contributed by atoms with E-state index >= 15 is 0 Å². The molecule has 1 nitrogen and oxygen atoms in total. The monoisotopic (exact) mass is 301 g/mol. The molecule has 0 aliphatic carbocycles. The minimum absolute atomic E-state index is 0.187. The first kappa shape index (κ1) is 16.1. The second-order valence-corrected chi connectivity index (χ2v) is 6.20. The zero-order chi connectivity index (χ0) is 15.6. The summed E-state index contributed by atoms with van der Waals surface area (Å²) in [6.07, 6.45) is 0. The Morgan fingerprint density at radius 2 is 1.57 bits per heavy atom. The van der Waals surface area contributed by atoms with E-state index in [-0.39, 0.29) is 6.04 Å². The minimum Gasteiger partial charge on any atom is -0.307 e. The fourth-order valence-electron chi connectivity index (χ4n) is 2.69. The van der Waals surface area contributed by atoms with Gasteiger partial charge in [-0.1, -0.05) is 42.8 Å². The Morgan fingerprint density at radius 1 is 0.905 bits per heavy atom. The standard InChI is InChI=1S/C19H24ClN/c1-6-21-19(16-8-7-12(2)18(20)11-16)17-10-14(4)13(3)9-15(17)5/h7-11,19,21H,6H2,1-5H3. The van der Waals surface area contributed by atoms with Gasteiger partial charge < -0.3 is 5.32 Å². The molecular weight excluding hydrogens is 278 g/mol. The largest absolute Gasteiger partial charge is 0.307 e. The number of aryl methyl sites for hydroxylation is 4. The molecule has 21 heavy (non-hydrogen) atoms. The zero-order valence-corrected chi connectivity index (χ0v) is 14.3. The van der Waals surface area contributed by atoms with Crippen LogP contribution in [0.15, 0.2) is 30.3 Å². The minimum atomic E-state index is 0.187. The van der Waals surface area contributed by atoms with Gasteiger partial charge in [0, 0.05) is 5.02 Å². The van der Waals surface area contributed by atoms with Crippen molar-refractivity contribution in [1.29, 1.82) is 0 Å². The summed E-state index contributed by atoms with van der Waals surface area (Å²) < 4.78 is 0. The molecule has 0 heterocycles. The number of rotatable bonds is 4. The van der Waals surface area contributed by atoms with E-state index < -0.39 is 0 Å². The Labute approximate surface area is 133 Å². The maximum absolute atomic E-state index is 6.31. The Kier molecular flexibility index (Phi) is 5.08. The van der Waals surface area contributed by atoms with Crippen molar-refractivity contribution in [3.8, 4) is 0 Å². The van der Waals surface area contributed by atoms with Crippen LogP contribution in [0.5, 0.6) is 0 Å². The van der Waals surface area contributed by atoms with Crippen LogP contribution < -0.4 is 5.32 Å². The lowest BCUT2D eigenvalue weighted by atomic mass is 9.91. The van der Waals surface area contributed by atoms with Crippen molar-refractivity contribution in [2.75, 3.05) is 6.54 Å². The maximum Gasteiger partial charge on any atom is 0.0579 e. The number of halogens is 1. The van der Waals surface area contributed by atoms with Crippen LogP contribution >= 0.6 is 11.6 Å². The summed E-state index contributed by atoms with van der Waals surface area (Å²) in [6.45, 7) is 11.6. The van der Waals surface area contributed by atoms with Gasteiger partial charge in [0.15, 0.2) is 0 Å². The van der Waals surface area contributed by atoms with Crippen molar-refractivity contribution in [2.45, 2.75) is 40.7 Å². The van der Waals surface area contributed by atoms with Gasteiger partial charge in [-0.05, 0) is 73.7 Å². The van der Waals surface area contributed by atoms with Gasteiger partial charge in [0.2, 0.25) is 0 Å². The first-order valence-electron chi connectivity index (χ1n) is 7.51. The lowest BCUT2D eigenvalue weighted by Crippen LogP contribution is -2.23. The van der Waals surface area contributed by atoms with Gasteiger partial charge in [-0.3, -0.25) is 0 Å². The van der Waals surface area contributed by atoms with Gasteiger partial charge in [-0.15, -0.1) is 0 Å². The first-order chi connectivity index (χ1) is 9.93. The molecular formula is C19H24ClN. The summed E-state index contributed by atoms with van der Waals surface area (Å²) in [6, 6.07) is 11.1. The second kappa shape index (κ2) is 6.64. The molecule has 0 saturated heterocycles. The number of nitrogens with one attached hydrogen (secondary N) is 1. The zero-order valence-electron chi connectivity index (χ0n) is 13.5. The average molecular weight is 302 g/mol. The normalized spacial score (nSPS) is 12.5. The van der Waals surface area contributed by atoms with Gasteiger partial charge in [0.05, 0.1) is 6.04 Å². The topological polar surface area (TPSA) is 12.0 Å². The van der Waals surface area contributed by atoms with Crippen molar-refractivity contribution in [3.05, 3.63) is 68.7 Å². The van der Waals surface area contributed by atoms with Gasteiger partial charge in [0.1, 0.15) is 0 Å². The Hall–Kier alpha value is -1.31. The van der Waals surface area contributed by atoms with Crippen LogP contribution in [-0.4, -0.2) is 6.54 Å². The van der Waals surface area contributed by atoms with Crippen molar-refractivity contribution < 1.29 is 0 Å². The molecule has 0 fully saturated rings. The first-order valence-corrected chi connectivity index (χ1v) is 7.89. The molecule has 0 aliphatic heterocycles. The predicted octanol–water partition coefficient (Wildman–Crippen LogP) is 5.27. The molecule has 112 valence electrons. The lowest BCUT2D eigenvalue weighted by molar-refractivity contribution is 0.627. The molecule has 0 aromatic heterocycles. The van der Waals surface area contributed by atoms with Crippen LogP contribution in [0.25, 0.3) is 0 Å². The van der Waals surface area contributed by atoms with Crippen LogP contribution in [0, 0.1) is 27.7 Å². The third-order valence-corrected chi connectivity index (χ3v) is 4.54. The van der Waals surface area contributed by atoms with E-state index in [1.807, 2.05) is 6.92 Å². The van der Waals surface area contributed by atoms with Crippen LogP contribution in [0.3, 0.4) is 0 Å². The van der Waals surface area contributed by atoms with Gasteiger partial charge in [-0.25, -0.2) is 0 Å². The van der Waals surface area contributed by atoms with E-state index in [1.165, 1.54) is 27.8 Å². The predicted molar refractivity (Wildman–Crippen MR) is 92.4 cm³/mol. The summed E-state index contributed by atoms with van der Waals surface area (Å²) in [5, 5.41) is 4.42. The molecule has 1 N–H and O–H groups in total. The van der Waals surface area contributed by atoms with E-state index in [2.05, 4.69) is 63.3 Å². The third-order valence-electron chi connectivity index (χ3n) is 4.13. The van der Waals surface area contributed by atoms with E-state index in [9.17, 15) is 0 Å². The molecule has 2 rings (SSSR count). The van der Waals surface area contributed by atoms with E-state index in [0.29, 0.717) is 0 Å². The van der Waals surface area contributed by atoms with Crippen LogP contribution in [-0.2, 0) is 0 Å². The molecule has 1 atom stereocenters. The highest BCUT2D eigenvalue weighted by atomic mass is 35.5. The second-order valence-electron chi connectivity index (χ2n) is 5.79. The average Bonchev–Trinajstić information content (AvgIpc) is 2.44. The van der Waals surface area contributed by atoms with Gasteiger partial charge in [0.25, 0.3) is 0 Å². The molecule has 2 aromatic carbocycles. The number of benzene rings is 2. The van der Waals surface area contributed by atoms with Crippen LogP contribution in [0.4, 0.5) is 0 Å². The van der Waals surface area contributed by atoms with Gasteiger partial charge in [-0.2, -0.15) is 0 Å². The number of hydrogen-bond acceptors (Lipinski definition) is 1. The summed E-state index contributed by atoms with van der Waals surface area (Å²) in [5.74, 6) is 0. The van der Waals surface area contributed by atoms with E-state index in [0.717, 1.165) is 17.1 Å². The fraction of sp³-hybridized carbons (Fsp3) is 0.368. The van der Waals surface area contributed by atoms with E-state index in [1.54, 1.807) is 0 Å². The summed E-state index contributed by atoms with van der Waals surface area (Å²) in [7, 11) is 0. The third kappa shape index (κ3) is 3.48. The van der Waals surface area contributed by atoms with Gasteiger partial charge >= 0.3 is 0 Å². The molecule has 0 amide bonds. The summed E-state index contributed by atoms with van der Waals surface area (Å²) in [5.41, 5.74) is 7.66. The van der Waals surface area contributed by atoms with E-state index in [4.69, 9.17) is 11.6 Å². The summed E-state index contributed by atoms with van der Waals surface area (Å²) >= 11 is 6.31. The molecule has 0 saturated carbocycles. The van der Waals surface area contributed by atoms with Crippen molar-refractivity contribution in [2.24, 2.45) is 0 Å². The molecule has 0 spiro atoms. The fourth-order valence-corrected chi connectivity index (χ4v) is 2.88. The summed E-state index contributed by atoms with van der Waals surface area (Å²) in [4.78, 5) is 0. The molecule has 2 heteroatoms. The molecule has 2 aromatic rings. The highest BCUT2D eigenvalue weighted by Crippen LogP contribution is 2.29. The Morgan fingerprint density at radius 3 is 2.19 bits per heavy atom. The Balaban J connectivity index is 2.52. The molecule has 1 unspecified atom stereocenters. The van der Waals surface area contributed by atoms with Crippen molar-refractivity contribution in [1.82, 2.24) is 5.32 Å². The quantitative estimate of drug-likeness (QED) is 0.811. The molecule has 0 radical (unpaired) electrons. The molecule has 0 bridgehead atoms.